The summed E-state index contributed by atoms with van der Waals surface area (Å²) in [5, 5.41) is 9.39. The second kappa shape index (κ2) is 4.27. The van der Waals surface area contributed by atoms with Gasteiger partial charge in [-0.25, -0.2) is 0 Å². The molecule has 2 unspecified atom stereocenters. The lowest BCUT2D eigenvalue weighted by atomic mass is 10.0. The first-order valence-electron chi connectivity index (χ1n) is 4.95. The van der Waals surface area contributed by atoms with Gasteiger partial charge in [-0.1, -0.05) is 0 Å². The Morgan fingerprint density at radius 3 is 2.53 bits per heavy atom. The number of alkyl halides is 3. The molecule has 0 saturated carbocycles. The summed E-state index contributed by atoms with van der Waals surface area (Å²) in [5.41, 5.74) is -2.57. The van der Waals surface area contributed by atoms with Crippen LogP contribution in [0.15, 0.2) is 0 Å². The van der Waals surface area contributed by atoms with Gasteiger partial charge in [-0.15, -0.1) is 0 Å². The SMILES string of the molecule is CCOC(C)N1CCC(O)(C(F)(F)F)C1. The summed E-state index contributed by atoms with van der Waals surface area (Å²) in [6.45, 7) is 3.71. The Morgan fingerprint density at radius 1 is 1.53 bits per heavy atom. The van der Waals surface area contributed by atoms with Crippen molar-refractivity contribution in [3.8, 4) is 0 Å². The highest BCUT2D eigenvalue weighted by Crippen LogP contribution is 2.38. The fourth-order valence-electron chi connectivity index (χ4n) is 1.71. The fourth-order valence-corrected chi connectivity index (χ4v) is 1.71. The molecule has 0 aromatic rings. The Morgan fingerprint density at radius 2 is 2.13 bits per heavy atom. The average Bonchev–Trinajstić information content (AvgIpc) is 2.48. The van der Waals surface area contributed by atoms with E-state index in [1.54, 1.807) is 13.8 Å². The third-order valence-corrected chi connectivity index (χ3v) is 2.73. The minimum Gasteiger partial charge on any atom is -0.379 e. The van der Waals surface area contributed by atoms with Crippen LogP contribution in [0.4, 0.5) is 13.2 Å². The number of ether oxygens (including phenoxy) is 1. The molecule has 3 nitrogen and oxygen atoms in total. The molecule has 1 aliphatic heterocycles. The molecule has 0 bridgehead atoms. The van der Waals surface area contributed by atoms with Gasteiger partial charge >= 0.3 is 6.18 Å². The first kappa shape index (κ1) is 12.7. The topological polar surface area (TPSA) is 32.7 Å². The third kappa shape index (κ3) is 2.62. The number of aliphatic hydroxyl groups is 1. The van der Waals surface area contributed by atoms with E-state index in [-0.39, 0.29) is 19.2 Å². The molecule has 1 rings (SSSR count). The Kier molecular flexibility index (Phi) is 3.63. The minimum atomic E-state index is -4.56. The predicted octanol–water partition coefficient (Wildman–Crippen LogP) is 1.37. The van der Waals surface area contributed by atoms with E-state index in [0.29, 0.717) is 6.61 Å². The van der Waals surface area contributed by atoms with Gasteiger partial charge in [-0.3, -0.25) is 4.90 Å². The van der Waals surface area contributed by atoms with Crippen molar-refractivity contribution in [3.63, 3.8) is 0 Å². The lowest BCUT2D eigenvalue weighted by Crippen LogP contribution is -2.48. The molecule has 15 heavy (non-hydrogen) atoms. The molecule has 0 aromatic heterocycles. The number of hydrogen-bond donors (Lipinski definition) is 1. The van der Waals surface area contributed by atoms with Crippen molar-refractivity contribution in [2.24, 2.45) is 0 Å². The Hall–Kier alpha value is -0.330. The van der Waals surface area contributed by atoms with Crippen LogP contribution in [0.3, 0.4) is 0 Å². The molecule has 1 saturated heterocycles. The first-order valence-corrected chi connectivity index (χ1v) is 4.95. The second-order valence-corrected chi connectivity index (χ2v) is 3.80. The average molecular weight is 227 g/mol. The maximum atomic E-state index is 12.5. The molecule has 1 fully saturated rings. The number of halogens is 3. The Balaban J connectivity index is 2.59. The summed E-state index contributed by atoms with van der Waals surface area (Å²) in [6, 6.07) is 0. The predicted molar refractivity (Wildman–Crippen MR) is 48.3 cm³/mol. The van der Waals surface area contributed by atoms with E-state index in [9.17, 15) is 18.3 Å². The van der Waals surface area contributed by atoms with Crippen molar-refractivity contribution in [3.05, 3.63) is 0 Å². The Bertz CT molecular complexity index is 222. The van der Waals surface area contributed by atoms with Crippen LogP contribution in [0.2, 0.25) is 0 Å². The van der Waals surface area contributed by atoms with Crippen LogP contribution in [0.1, 0.15) is 20.3 Å². The number of nitrogens with zero attached hydrogens (tertiary/aromatic N) is 1. The molecule has 0 aliphatic carbocycles. The van der Waals surface area contributed by atoms with Crippen LogP contribution < -0.4 is 0 Å². The van der Waals surface area contributed by atoms with Gasteiger partial charge in [0.1, 0.15) is 6.23 Å². The monoisotopic (exact) mass is 227 g/mol. The van der Waals surface area contributed by atoms with Crippen LogP contribution in [0.25, 0.3) is 0 Å². The maximum Gasteiger partial charge on any atom is 0.418 e. The normalized spacial score (nSPS) is 30.8. The van der Waals surface area contributed by atoms with Crippen molar-refractivity contribution in [1.82, 2.24) is 4.90 Å². The molecule has 0 spiro atoms. The van der Waals surface area contributed by atoms with Crippen molar-refractivity contribution in [2.75, 3.05) is 19.7 Å². The van der Waals surface area contributed by atoms with Gasteiger partial charge < -0.3 is 9.84 Å². The van der Waals surface area contributed by atoms with Gasteiger partial charge in [-0.05, 0) is 20.3 Å². The molecule has 2 atom stereocenters. The van der Waals surface area contributed by atoms with Crippen LogP contribution in [-0.4, -0.2) is 47.7 Å². The van der Waals surface area contributed by atoms with Crippen molar-refractivity contribution < 1.29 is 23.0 Å². The van der Waals surface area contributed by atoms with E-state index in [0.717, 1.165) is 0 Å². The number of rotatable bonds is 3. The fraction of sp³-hybridized carbons (Fsp3) is 1.00. The summed E-state index contributed by atoms with van der Waals surface area (Å²) in [6.07, 6.45) is -5.23. The number of β-amino-alcohol motifs (C(OH)–C–C–N with tert-alkyl or cyclic N) is 1. The van der Waals surface area contributed by atoms with E-state index in [1.807, 2.05) is 0 Å². The number of hydrogen-bond acceptors (Lipinski definition) is 3. The molecule has 1 N–H and O–H groups in total. The van der Waals surface area contributed by atoms with Gasteiger partial charge in [-0.2, -0.15) is 13.2 Å². The quantitative estimate of drug-likeness (QED) is 0.790. The Labute approximate surface area is 86.8 Å². The van der Waals surface area contributed by atoms with Crippen LogP contribution in [0.5, 0.6) is 0 Å². The third-order valence-electron chi connectivity index (χ3n) is 2.73. The summed E-state index contributed by atoms with van der Waals surface area (Å²) in [4.78, 5) is 1.50. The molecule has 1 heterocycles. The highest BCUT2D eigenvalue weighted by Gasteiger charge is 2.57. The lowest BCUT2D eigenvalue weighted by Gasteiger charge is -2.28. The van der Waals surface area contributed by atoms with E-state index < -0.39 is 18.3 Å². The molecular weight excluding hydrogens is 211 g/mol. The molecule has 90 valence electrons. The molecule has 6 heteroatoms. The lowest BCUT2D eigenvalue weighted by molar-refractivity contribution is -0.255. The zero-order chi connectivity index (χ0) is 11.7. The van der Waals surface area contributed by atoms with Gasteiger partial charge in [0.15, 0.2) is 5.60 Å². The first-order chi connectivity index (χ1) is 6.80. The van der Waals surface area contributed by atoms with Crippen molar-refractivity contribution >= 4 is 0 Å². The van der Waals surface area contributed by atoms with Gasteiger partial charge in [0.25, 0.3) is 0 Å². The summed E-state index contributed by atoms with van der Waals surface area (Å²) < 4.78 is 42.5. The molecule has 0 aromatic carbocycles. The molecule has 0 amide bonds. The smallest absolute Gasteiger partial charge is 0.379 e. The highest BCUT2D eigenvalue weighted by atomic mass is 19.4. The van der Waals surface area contributed by atoms with Crippen LogP contribution >= 0.6 is 0 Å². The van der Waals surface area contributed by atoms with Crippen LogP contribution in [0, 0.1) is 0 Å². The van der Waals surface area contributed by atoms with E-state index in [2.05, 4.69) is 0 Å². The minimum absolute atomic E-state index is 0.206. The zero-order valence-electron chi connectivity index (χ0n) is 8.84. The summed E-state index contributed by atoms with van der Waals surface area (Å²) in [7, 11) is 0. The highest BCUT2D eigenvalue weighted by molar-refractivity contribution is 4.96. The van der Waals surface area contributed by atoms with E-state index >= 15 is 0 Å². The van der Waals surface area contributed by atoms with Gasteiger partial charge in [0.2, 0.25) is 0 Å². The van der Waals surface area contributed by atoms with E-state index in [4.69, 9.17) is 4.74 Å². The van der Waals surface area contributed by atoms with Gasteiger partial charge in [0, 0.05) is 19.7 Å². The van der Waals surface area contributed by atoms with Crippen LogP contribution in [-0.2, 0) is 4.74 Å². The van der Waals surface area contributed by atoms with Crippen molar-refractivity contribution in [1.29, 1.82) is 0 Å². The second-order valence-electron chi connectivity index (χ2n) is 3.80. The summed E-state index contributed by atoms with van der Waals surface area (Å²) in [5.74, 6) is 0. The molecule has 0 radical (unpaired) electrons. The van der Waals surface area contributed by atoms with Gasteiger partial charge in [0.05, 0.1) is 0 Å². The maximum absolute atomic E-state index is 12.5. The van der Waals surface area contributed by atoms with Crippen molar-refractivity contribution in [2.45, 2.75) is 38.3 Å². The van der Waals surface area contributed by atoms with E-state index in [1.165, 1.54) is 4.90 Å². The summed E-state index contributed by atoms with van der Waals surface area (Å²) >= 11 is 0. The zero-order valence-corrected chi connectivity index (χ0v) is 8.84. The molecule has 1 aliphatic rings. The number of likely N-dealkylation sites (tertiary alicyclic amines) is 1. The standard InChI is InChI=1S/C9H16F3NO2/c1-3-15-7(2)13-5-4-8(14,6-13)9(10,11)12/h7,14H,3-6H2,1-2H3. The molecular formula is C9H16F3NO2. The largest absolute Gasteiger partial charge is 0.418 e.